The molecule has 0 radical (unpaired) electrons. The van der Waals surface area contributed by atoms with Gasteiger partial charge < -0.3 is 14.5 Å². The molecule has 0 aliphatic carbocycles. The summed E-state index contributed by atoms with van der Waals surface area (Å²) >= 11 is 1.45. The van der Waals surface area contributed by atoms with Gasteiger partial charge in [-0.3, -0.25) is 0 Å². The van der Waals surface area contributed by atoms with Gasteiger partial charge in [0.2, 0.25) is 5.13 Å². The van der Waals surface area contributed by atoms with E-state index in [2.05, 4.69) is 35.2 Å². The number of hydrogen-bond acceptors (Lipinski definition) is 6. The number of carbonyl (C=O) groups is 1. The Balaban J connectivity index is 1.89. The van der Waals surface area contributed by atoms with Crippen LogP contribution in [-0.4, -0.2) is 52.1 Å². The molecule has 6 nitrogen and oxygen atoms in total. The number of aromatic nitrogens is 2. The molecule has 1 amide bonds. The second-order valence-corrected chi connectivity index (χ2v) is 8.13. The van der Waals surface area contributed by atoms with E-state index in [0.717, 1.165) is 36.9 Å². The van der Waals surface area contributed by atoms with Crippen LogP contribution in [-0.2, 0) is 4.74 Å². The minimum atomic E-state index is -0.440. The van der Waals surface area contributed by atoms with Crippen LogP contribution < -0.4 is 4.90 Å². The van der Waals surface area contributed by atoms with Crippen molar-refractivity contribution in [2.75, 3.05) is 25.0 Å². The van der Waals surface area contributed by atoms with Gasteiger partial charge in [-0.05, 0) is 33.6 Å². The standard InChI is InChI=1S/C16H28N4O2S/c1-11(2)13-17-14(23-18-13)19(6)12-7-9-20(10-8-12)15(21)22-16(3,4)5/h11-12H,7-10H2,1-6H3. The van der Waals surface area contributed by atoms with Crippen molar-refractivity contribution in [1.29, 1.82) is 0 Å². The number of piperidine rings is 1. The zero-order chi connectivity index (χ0) is 17.2. The molecule has 0 aromatic carbocycles. The molecule has 1 aromatic rings. The van der Waals surface area contributed by atoms with Gasteiger partial charge in [-0.1, -0.05) is 13.8 Å². The van der Waals surface area contributed by atoms with Crippen molar-refractivity contribution in [2.45, 2.75) is 65.0 Å². The Morgan fingerprint density at radius 3 is 2.43 bits per heavy atom. The number of rotatable bonds is 3. The lowest BCUT2D eigenvalue weighted by Crippen LogP contribution is -2.47. The Morgan fingerprint density at radius 2 is 1.96 bits per heavy atom. The average molecular weight is 340 g/mol. The highest BCUT2D eigenvalue weighted by Crippen LogP contribution is 2.26. The number of nitrogens with zero attached hydrogens (tertiary/aromatic N) is 4. The third-order valence-electron chi connectivity index (χ3n) is 3.91. The first-order valence-corrected chi connectivity index (χ1v) is 8.99. The van der Waals surface area contributed by atoms with Crippen molar-refractivity contribution in [1.82, 2.24) is 14.3 Å². The van der Waals surface area contributed by atoms with Crippen molar-refractivity contribution in [2.24, 2.45) is 0 Å². The van der Waals surface area contributed by atoms with Crippen molar-refractivity contribution in [3.8, 4) is 0 Å². The smallest absolute Gasteiger partial charge is 0.410 e. The van der Waals surface area contributed by atoms with Crippen LogP contribution in [0, 0.1) is 0 Å². The predicted molar refractivity (Wildman–Crippen MR) is 93.2 cm³/mol. The molecule has 0 spiro atoms. The molecule has 1 aliphatic heterocycles. The number of ether oxygens (including phenoxy) is 1. The van der Waals surface area contributed by atoms with Gasteiger partial charge in [-0.25, -0.2) is 9.78 Å². The lowest BCUT2D eigenvalue weighted by atomic mass is 10.0. The highest BCUT2D eigenvalue weighted by Gasteiger charge is 2.29. The van der Waals surface area contributed by atoms with Crippen LogP contribution in [0.1, 0.15) is 59.2 Å². The Hall–Kier alpha value is -1.37. The number of anilines is 1. The molecule has 1 aliphatic rings. The maximum atomic E-state index is 12.1. The Bertz CT molecular complexity index is 530. The summed E-state index contributed by atoms with van der Waals surface area (Å²) in [6.07, 6.45) is 1.63. The van der Waals surface area contributed by atoms with Gasteiger partial charge in [-0.15, -0.1) is 0 Å². The SMILES string of the molecule is CC(C)c1nsc(N(C)C2CCN(C(=O)OC(C)(C)C)CC2)n1. The van der Waals surface area contributed by atoms with Gasteiger partial charge in [0.05, 0.1) is 0 Å². The Labute approximate surface area is 143 Å². The van der Waals surface area contributed by atoms with Gasteiger partial charge in [0.25, 0.3) is 0 Å². The zero-order valence-corrected chi connectivity index (χ0v) is 15.8. The molecule has 0 saturated carbocycles. The zero-order valence-electron chi connectivity index (χ0n) is 15.0. The van der Waals surface area contributed by atoms with Crippen LogP contribution in [0.5, 0.6) is 0 Å². The van der Waals surface area contributed by atoms with Gasteiger partial charge in [-0.2, -0.15) is 4.37 Å². The molecule has 0 N–H and O–H groups in total. The van der Waals surface area contributed by atoms with Crippen molar-refractivity contribution in [3.05, 3.63) is 5.82 Å². The summed E-state index contributed by atoms with van der Waals surface area (Å²) in [5.41, 5.74) is -0.440. The molecule has 2 heterocycles. The van der Waals surface area contributed by atoms with Crippen LogP contribution in [0.4, 0.5) is 9.93 Å². The normalized spacial score (nSPS) is 16.7. The number of hydrogen-bond donors (Lipinski definition) is 0. The summed E-state index contributed by atoms with van der Waals surface area (Å²) in [6.45, 7) is 11.3. The first-order valence-electron chi connectivity index (χ1n) is 8.21. The summed E-state index contributed by atoms with van der Waals surface area (Å²) in [5.74, 6) is 1.26. The minimum Gasteiger partial charge on any atom is -0.444 e. The Kier molecular flexibility index (Phi) is 5.49. The predicted octanol–water partition coefficient (Wildman–Crippen LogP) is 3.50. The van der Waals surface area contributed by atoms with Crippen LogP contribution in [0.3, 0.4) is 0 Å². The van der Waals surface area contributed by atoms with Crippen LogP contribution >= 0.6 is 11.5 Å². The quantitative estimate of drug-likeness (QED) is 0.843. The van der Waals surface area contributed by atoms with E-state index in [-0.39, 0.29) is 6.09 Å². The monoisotopic (exact) mass is 340 g/mol. The van der Waals surface area contributed by atoms with Crippen molar-refractivity contribution < 1.29 is 9.53 Å². The number of carbonyl (C=O) groups excluding carboxylic acids is 1. The van der Waals surface area contributed by atoms with E-state index in [0.29, 0.717) is 12.0 Å². The van der Waals surface area contributed by atoms with Crippen molar-refractivity contribution in [3.63, 3.8) is 0 Å². The minimum absolute atomic E-state index is 0.211. The highest BCUT2D eigenvalue weighted by atomic mass is 32.1. The molecule has 0 unspecified atom stereocenters. The fraction of sp³-hybridized carbons (Fsp3) is 0.812. The second kappa shape index (κ2) is 7.03. The summed E-state index contributed by atoms with van der Waals surface area (Å²) in [5, 5.41) is 0.962. The molecule has 0 atom stereocenters. The highest BCUT2D eigenvalue weighted by molar-refractivity contribution is 7.09. The van der Waals surface area contributed by atoms with E-state index in [1.807, 2.05) is 20.8 Å². The Morgan fingerprint density at radius 1 is 1.35 bits per heavy atom. The molecule has 130 valence electrons. The van der Waals surface area contributed by atoms with Gasteiger partial charge >= 0.3 is 6.09 Å². The molecular formula is C16H28N4O2S. The largest absolute Gasteiger partial charge is 0.444 e. The van der Waals surface area contributed by atoms with Gasteiger partial charge in [0.1, 0.15) is 11.4 Å². The third-order valence-corrected chi connectivity index (χ3v) is 4.73. The molecule has 0 bridgehead atoms. The molecule has 2 rings (SSSR count). The van der Waals surface area contributed by atoms with Crippen molar-refractivity contribution >= 4 is 22.8 Å². The summed E-state index contributed by atoms with van der Waals surface area (Å²) < 4.78 is 9.86. The lowest BCUT2D eigenvalue weighted by molar-refractivity contribution is 0.0205. The average Bonchev–Trinajstić information content (AvgIpc) is 2.95. The molecule has 7 heteroatoms. The summed E-state index contributed by atoms with van der Waals surface area (Å²) in [7, 11) is 2.07. The van der Waals surface area contributed by atoms with Gasteiger partial charge in [0, 0.05) is 43.6 Å². The van der Waals surface area contributed by atoms with E-state index in [1.54, 1.807) is 4.90 Å². The van der Waals surface area contributed by atoms with E-state index in [4.69, 9.17) is 4.74 Å². The van der Waals surface area contributed by atoms with Crippen LogP contribution in [0.25, 0.3) is 0 Å². The summed E-state index contributed by atoms with van der Waals surface area (Å²) in [4.78, 5) is 20.7. The van der Waals surface area contributed by atoms with Gasteiger partial charge in [0.15, 0.2) is 0 Å². The maximum absolute atomic E-state index is 12.1. The molecule has 1 saturated heterocycles. The fourth-order valence-electron chi connectivity index (χ4n) is 2.52. The van der Waals surface area contributed by atoms with E-state index in [9.17, 15) is 4.79 Å². The molecule has 1 fully saturated rings. The third kappa shape index (κ3) is 4.80. The maximum Gasteiger partial charge on any atom is 0.410 e. The molecular weight excluding hydrogens is 312 g/mol. The number of amides is 1. The van der Waals surface area contributed by atoms with Crippen LogP contribution in [0.15, 0.2) is 0 Å². The topological polar surface area (TPSA) is 58.6 Å². The lowest BCUT2D eigenvalue weighted by Gasteiger charge is -2.37. The molecule has 23 heavy (non-hydrogen) atoms. The summed E-state index contributed by atoms with van der Waals surface area (Å²) in [6, 6.07) is 0.390. The molecule has 1 aromatic heterocycles. The first kappa shape index (κ1) is 18.0. The fourth-order valence-corrected chi connectivity index (χ4v) is 3.36. The second-order valence-electron chi connectivity index (χ2n) is 7.40. The van der Waals surface area contributed by atoms with E-state index in [1.165, 1.54) is 11.5 Å². The van der Waals surface area contributed by atoms with E-state index >= 15 is 0 Å². The van der Waals surface area contributed by atoms with E-state index < -0.39 is 5.60 Å². The van der Waals surface area contributed by atoms with Crippen LogP contribution in [0.2, 0.25) is 0 Å². The first-order chi connectivity index (χ1) is 10.7. The number of likely N-dealkylation sites (tertiary alicyclic amines) is 1.